The molecule has 0 saturated carbocycles. The third-order valence-corrected chi connectivity index (χ3v) is 28.8. The van der Waals surface area contributed by atoms with Crippen LogP contribution in [0.2, 0.25) is 0 Å². The summed E-state index contributed by atoms with van der Waals surface area (Å²) in [7, 11) is 0. The SMILES string of the molecule is CC1(C)c2cc(N(c3ccccc3)c3ccccc3)ccc2-c2sc3c(c21)C(C)(C)c1cc(N(c2ccccc2)c2c(F)cc(-c4ccccc4)cc2-c2ccccc2)ccc1-3.[C-]#[N+]c1ccc(N(c2ccc3c(c2)C(C)(C)c2c-3sc3c2C(C)(C)c2cc(N(c4ccccc4)c4ccccc4)ccc2-3)c2c(F)cc(-c3ccccc3)cc2-c2ccccc2)cc1. The van der Waals surface area contributed by atoms with Crippen molar-refractivity contribution < 1.29 is 8.78 Å². The molecule has 2 heterocycles. The predicted octanol–water partition coefficient (Wildman–Crippen LogP) is 34.1. The van der Waals surface area contributed by atoms with Crippen LogP contribution in [0, 0.1) is 18.2 Å². The first-order valence-electron chi connectivity index (χ1n) is 43.1. The zero-order valence-corrected chi connectivity index (χ0v) is 73.0. The summed E-state index contributed by atoms with van der Waals surface area (Å²) in [5, 5.41) is 0. The van der Waals surface area contributed by atoms with Crippen molar-refractivity contribution >= 4 is 96.6 Å². The van der Waals surface area contributed by atoms with Crippen LogP contribution in [-0.4, -0.2) is 0 Å². The normalized spacial score (nSPS) is 13.7. The van der Waals surface area contributed by atoms with Crippen LogP contribution in [0.5, 0.6) is 0 Å². The van der Waals surface area contributed by atoms with Gasteiger partial charge in [0.1, 0.15) is 11.6 Å². The molecule has 4 aliphatic carbocycles. The van der Waals surface area contributed by atoms with Gasteiger partial charge in [-0.25, -0.2) is 13.6 Å². The Balaban J connectivity index is 0.000000154. The lowest BCUT2D eigenvalue weighted by atomic mass is 9.74. The molecule has 18 aromatic rings. The van der Waals surface area contributed by atoms with Crippen molar-refractivity contribution in [2.75, 3.05) is 19.6 Å². The summed E-state index contributed by atoms with van der Waals surface area (Å²) >= 11 is 3.84. The van der Waals surface area contributed by atoms with Crippen LogP contribution in [0.4, 0.5) is 82.7 Å². The number of thiophene rings is 2. The lowest BCUT2D eigenvalue weighted by Crippen LogP contribution is -2.23. The molecule has 0 fully saturated rings. The third kappa shape index (κ3) is 13.1. The van der Waals surface area contributed by atoms with Crippen molar-refractivity contribution in [3.63, 3.8) is 0 Å². The Bertz CT molecular complexity index is 7190. The molecule has 608 valence electrons. The molecular formula is C117H89F2N5S2. The molecule has 0 atom stereocenters. The molecule has 0 amide bonds. The van der Waals surface area contributed by atoms with Crippen LogP contribution in [-0.2, 0) is 21.7 Å². The minimum atomic E-state index is -0.357. The third-order valence-electron chi connectivity index (χ3n) is 26.3. The Morgan fingerprint density at radius 3 is 0.706 bits per heavy atom. The van der Waals surface area contributed by atoms with Gasteiger partial charge in [-0.1, -0.05) is 304 Å². The highest BCUT2D eigenvalue weighted by Gasteiger charge is 2.51. The Kier molecular flexibility index (Phi) is 19.4. The second kappa shape index (κ2) is 31.1. The smallest absolute Gasteiger partial charge is 0.187 e. The van der Waals surface area contributed by atoms with Crippen molar-refractivity contribution in [3.05, 3.63) is 462 Å². The molecule has 22 rings (SSSR count). The molecule has 126 heavy (non-hydrogen) atoms. The topological polar surface area (TPSA) is 17.3 Å². The van der Waals surface area contributed by atoms with Gasteiger partial charge in [0, 0.05) is 109 Å². The fraction of sp³-hybridized carbons (Fsp3) is 0.103. The molecule has 0 saturated heterocycles. The van der Waals surface area contributed by atoms with Gasteiger partial charge < -0.3 is 19.6 Å². The summed E-state index contributed by atoms with van der Waals surface area (Å²) in [4.78, 5) is 17.9. The molecule has 0 spiro atoms. The molecule has 0 aliphatic heterocycles. The second-order valence-electron chi connectivity index (χ2n) is 35.3. The number of rotatable bonds is 16. The first kappa shape index (κ1) is 78.7. The van der Waals surface area contributed by atoms with E-state index in [1.165, 1.54) is 86.3 Å². The summed E-state index contributed by atoms with van der Waals surface area (Å²) < 4.78 is 34.7. The zero-order valence-electron chi connectivity index (χ0n) is 71.3. The van der Waals surface area contributed by atoms with Gasteiger partial charge in [0.15, 0.2) is 5.69 Å². The van der Waals surface area contributed by atoms with E-state index in [9.17, 15) is 0 Å². The summed E-state index contributed by atoms with van der Waals surface area (Å²) in [6, 6.07) is 136. The average molecular weight is 1670 g/mol. The Morgan fingerprint density at radius 1 is 0.222 bits per heavy atom. The Morgan fingerprint density at radius 2 is 0.444 bits per heavy atom. The minimum absolute atomic E-state index is 0.240. The number of para-hydroxylation sites is 5. The van der Waals surface area contributed by atoms with Crippen LogP contribution in [0.15, 0.2) is 394 Å². The Hall–Kier alpha value is -14.5. The molecule has 0 bridgehead atoms. The highest BCUT2D eigenvalue weighted by molar-refractivity contribution is 7.20. The second-order valence-corrected chi connectivity index (χ2v) is 37.3. The highest BCUT2D eigenvalue weighted by atomic mass is 32.1. The summed E-state index contributed by atoms with van der Waals surface area (Å²) in [6.07, 6.45) is 0. The van der Waals surface area contributed by atoms with E-state index in [0.717, 1.165) is 101 Å². The lowest BCUT2D eigenvalue weighted by molar-refractivity contribution is 0.603. The van der Waals surface area contributed by atoms with Crippen molar-refractivity contribution in [2.45, 2.75) is 77.0 Å². The fourth-order valence-corrected chi connectivity index (χ4v) is 23.7. The lowest BCUT2D eigenvalue weighted by Gasteiger charge is -2.32. The van der Waals surface area contributed by atoms with Gasteiger partial charge in [-0.3, -0.25) is 0 Å². The largest absolute Gasteiger partial charge is 0.310 e. The zero-order chi connectivity index (χ0) is 85.9. The maximum atomic E-state index is 17.4. The van der Waals surface area contributed by atoms with Gasteiger partial charge in [0.2, 0.25) is 0 Å². The fourth-order valence-electron chi connectivity index (χ4n) is 20.3. The molecule has 4 aliphatic rings. The van der Waals surface area contributed by atoms with Crippen LogP contribution in [0.3, 0.4) is 0 Å². The number of hydrogen-bond donors (Lipinski definition) is 0. The highest BCUT2D eigenvalue weighted by Crippen LogP contribution is 2.67. The average Bonchev–Trinajstić information content (AvgIpc) is 1.52. The van der Waals surface area contributed by atoms with Crippen LogP contribution < -0.4 is 19.6 Å². The first-order valence-corrected chi connectivity index (χ1v) is 44.7. The number of fused-ring (bicyclic) bond motifs is 14. The van der Waals surface area contributed by atoms with Gasteiger partial charge >= 0.3 is 0 Å². The number of benzene rings is 16. The molecule has 16 aromatic carbocycles. The standard InChI is InChI=1S/C59H44FN3S.C58H45FN2S/c1-58(2)50-36-45(62(42-22-14-8-15-23-42)43-24-16-9-17-25-43)30-32-47(50)56-53(58)54-57(64-56)48-33-31-46(37-51(48)59(54,3)4)63(44-28-26-41(61-5)27-29-44)55-49(39-20-12-7-13-21-39)34-40(35-52(55)60)38-18-10-6-11-19-38;1-57(2)49-36-44(60(41-24-14-7-15-25-41)42-26-16-8-17-27-42)30-32-46(49)55-52(57)53-56(62-55)47-33-31-45(37-50(47)58(53,3)4)61(43-28-18-9-19-29-43)54-48(39-22-12-6-13-23-39)34-40(35-51(54)59)38-20-10-5-11-21-38/h6-37H,1-4H3;5-37H,1-4H3. The van der Waals surface area contributed by atoms with E-state index in [1.54, 1.807) is 12.1 Å². The monoisotopic (exact) mass is 1670 g/mol. The number of hydrogen-bond acceptors (Lipinski definition) is 6. The van der Waals surface area contributed by atoms with Crippen molar-refractivity contribution in [3.8, 4) is 86.3 Å². The number of halogens is 2. The van der Waals surface area contributed by atoms with E-state index in [2.05, 4.69) is 305 Å². The molecule has 9 heteroatoms. The van der Waals surface area contributed by atoms with Crippen molar-refractivity contribution in [2.24, 2.45) is 0 Å². The summed E-state index contributed by atoms with van der Waals surface area (Å²) in [5.41, 5.74) is 33.5. The van der Waals surface area contributed by atoms with E-state index >= 15 is 8.78 Å². The number of anilines is 12. The van der Waals surface area contributed by atoms with Gasteiger partial charge in [0.25, 0.3) is 0 Å². The van der Waals surface area contributed by atoms with E-state index in [4.69, 9.17) is 6.57 Å². The van der Waals surface area contributed by atoms with Gasteiger partial charge in [0.05, 0.1) is 17.9 Å². The quantitative estimate of drug-likeness (QED) is 0.0897. The van der Waals surface area contributed by atoms with Crippen molar-refractivity contribution in [1.82, 2.24) is 0 Å². The van der Waals surface area contributed by atoms with Crippen LogP contribution in [0.1, 0.15) is 99.9 Å². The van der Waals surface area contributed by atoms with E-state index in [1.807, 2.05) is 179 Å². The van der Waals surface area contributed by atoms with E-state index in [0.29, 0.717) is 17.1 Å². The molecule has 0 N–H and O–H groups in total. The van der Waals surface area contributed by atoms with Crippen LogP contribution in [0.25, 0.3) is 91.1 Å². The number of nitrogens with zero attached hydrogens (tertiary/aromatic N) is 5. The maximum Gasteiger partial charge on any atom is 0.187 e. The Labute approximate surface area is 744 Å². The van der Waals surface area contributed by atoms with E-state index in [-0.39, 0.29) is 33.3 Å². The summed E-state index contributed by atoms with van der Waals surface area (Å²) in [6.45, 7) is 26.7. The molecular weight excluding hydrogens is 1580 g/mol. The molecule has 2 aromatic heterocycles. The van der Waals surface area contributed by atoms with Gasteiger partial charge in [-0.2, -0.15) is 0 Å². The first-order chi connectivity index (χ1) is 61.3. The summed E-state index contributed by atoms with van der Waals surface area (Å²) in [5.74, 6) is -0.606. The minimum Gasteiger partial charge on any atom is -0.310 e. The molecule has 0 unspecified atom stereocenters. The van der Waals surface area contributed by atoms with Crippen LogP contribution >= 0.6 is 22.7 Å². The van der Waals surface area contributed by atoms with Gasteiger partial charge in [-0.05, 0) is 246 Å². The van der Waals surface area contributed by atoms with E-state index < -0.39 is 0 Å². The molecule has 0 radical (unpaired) electrons. The maximum absolute atomic E-state index is 17.4. The molecule has 5 nitrogen and oxygen atoms in total. The van der Waals surface area contributed by atoms with Crippen molar-refractivity contribution in [1.29, 1.82) is 0 Å². The predicted molar refractivity (Wildman–Crippen MR) is 526 cm³/mol. The van der Waals surface area contributed by atoms with Gasteiger partial charge in [-0.15, -0.1) is 22.7 Å².